The van der Waals surface area contributed by atoms with Gasteiger partial charge in [0.2, 0.25) is 0 Å². The molecular weight excluding hydrogens is 222 g/mol. The maximum atomic E-state index is 13.2. The maximum Gasteiger partial charge on any atom is 0.563 e. The third-order valence-electron chi connectivity index (χ3n) is 2.74. The zero-order valence-corrected chi connectivity index (χ0v) is 9.70. The van der Waals surface area contributed by atoms with E-state index in [4.69, 9.17) is 9.31 Å². The summed E-state index contributed by atoms with van der Waals surface area (Å²) < 4.78 is 24.2. The molecule has 0 aromatic heterocycles. The Morgan fingerprint density at radius 2 is 2.18 bits per heavy atom. The summed E-state index contributed by atoms with van der Waals surface area (Å²) in [6.45, 7) is 7.42. The van der Waals surface area contributed by atoms with E-state index in [0.717, 1.165) is 0 Å². The van der Waals surface area contributed by atoms with Crippen LogP contribution in [0.2, 0.25) is 0 Å². The monoisotopic (exact) mass is 234 g/mol. The van der Waals surface area contributed by atoms with Crippen molar-refractivity contribution in [2.24, 2.45) is 0 Å². The first kappa shape index (κ1) is 11.9. The van der Waals surface area contributed by atoms with E-state index in [0.29, 0.717) is 17.5 Å². The summed E-state index contributed by atoms with van der Waals surface area (Å²) >= 11 is 0. The minimum Gasteiger partial charge on any atom is -0.534 e. The molecular formula is C12H12BFO3. The van der Waals surface area contributed by atoms with Crippen LogP contribution in [0.1, 0.15) is 24.2 Å². The van der Waals surface area contributed by atoms with Gasteiger partial charge in [0, 0.05) is 5.56 Å². The van der Waals surface area contributed by atoms with Crippen LogP contribution in [-0.4, -0.2) is 19.0 Å². The molecule has 1 aliphatic heterocycles. The third-order valence-corrected chi connectivity index (χ3v) is 2.74. The summed E-state index contributed by atoms with van der Waals surface area (Å²) in [4.78, 5) is 10.6. The van der Waals surface area contributed by atoms with E-state index in [1.54, 1.807) is 0 Å². The standard InChI is InChI=1S/C12H12BFO3/c1-8-12(2,3)17-13(16-8)10-4-5-11(14)9(6-10)7-15/h4-7H,1H2,2-3H3. The summed E-state index contributed by atoms with van der Waals surface area (Å²) in [6.07, 6.45) is 0.466. The number of aldehydes is 1. The molecule has 0 N–H and O–H groups in total. The predicted molar refractivity (Wildman–Crippen MR) is 62.6 cm³/mol. The van der Waals surface area contributed by atoms with Gasteiger partial charge in [0.25, 0.3) is 0 Å². The third kappa shape index (κ3) is 2.10. The number of carbonyl (C=O) groups is 1. The van der Waals surface area contributed by atoms with Gasteiger partial charge in [-0.15, -0.1) is 0 Å². The van der Waals surface area contributed by atoms with Crippen LogP contribution in [0.5, 0.6) is 0 Å². The second kappa shape index (κ2) is 4.00. The normalized spacial score (nSPS) is 18.1. The van der Waals surface area contributed by atoms with Crippen molar-refractivity contribution in [1.29, 1.82) is 0 Å². The molecule has 0 atom stereocenters. The Morgan fingerprint density at radius 1 is 1.47 bits per heavy atom. The fourth-order valence-electron chi connectivity index (χ4n) is 1.56. The van der Waals surface area contributed by atoms with Gasteiger partial charge in [0.15, 0.2) is 6.29 Å². The first-order chi connectivity index (χ1) is 7.94. The molecule has 0 amide bonds. The second-order valence-corrected chi connectivity index (χ2v) is 4.40. The Labute approximate surface area is 99.4 Å². The number of hydrogen-bond donors (Lipinski definition) is 0. The smallest absolute Gasteiger partial charge is 0.534 e. The van der Waals surface area contributed by atoms with Gasteiger partial charge in [0.1, 0.15) is 11.4 Å². The second-order valence-electron chi connectivity index (χ2n) is 4.40. The highest BCUT2D eigenvalue weighted by atomic mass is 19.1. The van der Waals surface area contributed by atoms with Crippen LogP contribution in [0.25, 0.3) is 0 Å². The van der Waals surface area contributed by atoms with Crippen LogP contribution in [-0.2, 0) is 9.31 Å². The Hall–Kier alpha value is -1.62. The van der Waals surface area contributed by atoms with Crippen LogP contribution in [0.3, 0.4) is 0 Å². The first-order valence-corrected chi connectivity index (χ1v) is 5.22. The first-order valence-electron chi connectivity index (χ1n) is 5.22. The average molecular weight is 234 g/mol. The molecule has 0 unspecified atom stereocenters. The molecule has 1 saturated heterocycles. The zero-order valence-electron chi connectivity index (χ0n) is 9.70. The number of benzene rings is 1. The van der Waals surface area contributed by atoms with E-state index in [1.807, 2.05) is 13.8 Å². The van der Waals surface area contributed by atoms with Crippen molar-refractivity contribution in [3.63, 3.8) is 0 Å². The van der Waals surface area contributed by atoms with E-state index >= 15 is 0 Å². The minimum absolute atomic E-state index is 0.00924. The van der Waals surface area contributed by atoms with Gasteiger partial charge in [-0.3, -0.25) is 4.79 Å². The molecule has 5 heteroatoms. The summed E-state index contributed by atoms with van der Waals surface area (Å²) in [5.74, 6) is -0.0423. The zero-order chi connectivity index (χ0) is 12.6. The molecule has 0 aliphatic carbocycles. The molecule has 88 valence electrons. The van der Waals surface area contributed by atoms with Gasteiger partial charge in [-0.25, -0.2) is 4.39 Å². The quantitative estimate of drug-likeness (QED) is 0.576. The molecule has 0 saturated carbocycles. The highest BCUT2D eigenvalue weighted by Gasteiger charge is 2.42. The van der Waals surface area contributed by atoms with Crippen molar-refractivity contribution in [2.45, 2.75) is 19.4 Å². The lowest BCUT2D eigenvalue weighted by atomic mass is 9.78. The average Bonchev–Trinajstić information content (AvgIpc) is 2.54. The van der Waals surface area contributed by atoms with E-state index in [1.165, 1.54) is 18.2 Å². The molecule has 17 heavy (non-hydrogen) atoms. The lowest BCUT2D eigenvalue weighted by Gasteiger charge is -2.15. The Morgan fingerprint density at radius 3 is 2.71 bits per heavy atom. The number of carbonyl (C=O) groups excluding carboxylic acids is 1. The van der Waals surface area contributed by atoms with E-state index in [2.05, 4.69) is 6.58 Å². The van der Waals surface area contributed by atoms with Crippen molar-refractivity contribution in [1.82, 2.24) is 0 Å². The van der Waals surface area contributed by atoms with Gasteiger partial charge in [-0.2, -0.15) is 0 Å². The van der Waals surface area contributed by atoms with Gasteiger partial charge in [-0.1, -0.05) is 12.6 Å². The molecule has 1 heterocycles. The number of rotatable bonds is 2. The number of hydrogen-bond acceptors (Lipinski definition) is 3. The maximum absolute atomic E-state index is 13.2. The van der Waals surface area contributed by atoms with E-state index in [-0.39, 0.29) is 5.56 Å². The summed E-state index contributed by atoms with van der Waals surface area (Å²) in [5, 5.41) is 0. The number of halogens is 1. The van der Waals surface area contributed by atoms with Crippen LogP contribution in [0.15, 0.2) is 30.5 Å². The van der Waals surface area contributed by atoms with Crippen molar-refractivity contribution in [3.8, 4) is 0 Å². The van der Waals surface area contributed by atoms with Crippen molar-refractivity contribution in [2.75, 3.05) is 0 Å². The molecule has 1 fully saturated rings. The van der Waals surface area contributed by atoms with E-state index < -0.39 is 18.5 Å². The Kier molecular flexibility index (Phi) is 2.79. The highest BCUT2D eigenvalue weighted by Crippen LogP contribution is 2.29. The predicted octanol–water partition coefficient (Wildman–Crippen LogP) is 1.67. The van der Waals surface area contributed by atoms with Gasteiger partial charge in [0.05, 0.1) is 5.76 Å². The molecule has 1 aromatic rings. The molecule has 1 aliphatic rings. The van der Waals surface area contributed by atoms with Crippen LogP contribution in [0.4, 0.5) is 4.39 Å². The molecule has 3 nitrogen and oxygen atoms in total. The topological polar surface area (TPSA) is 35.5 Å². The summed E-state index contributed by atoms with van der Waals surface area (Å²) in [6, 6.07) is 4.17. The van der Waals surface area contributed by atoms with E-state index in [9.17, 15) is 9.18 Å². The SMILES string of the molecule is C=C1OB(c2ccc(F)c(C=O)c2)OC1(C)C. The molecule has 0 radical (unpaired) electrons. The van der Waals surface area contributed by atoms with Crippen molar-refractivity contribution < 1.29 is 18.5 Å². The van der Waals surface area contributed by atoms with Crippen molar-refractivity contribution in [3.05, 3.63) is 41.9 Å². The molecule has 0 bridgehead atoms. The van der Waals surface area contributed by atoms with Gasteiger partial charge in [-0.05, 0) is 31.4 Å². The fourth-order valence-corrected chi connectivity index (χ4v) is 1.56. The Balaban J connectivity index is 2.31. The largest absolute Gasteiger partial charge is 0.563 e. The van der Waals surface area contributed by atoms with Crippen molar-refractivity contribution >= 4 is 18.9 Å². The van der Waals surface area contributed by atoms with Gasteiger partial charge < -0.3 is 9.31 Å². The molecule has 1 aromatic carbocycles. The summed E-state index contributed by atoms with van der Waals surface area (Å²) in [5.41, 5.74) is 0.00525. The van der Waals surface area contributed by atoms with Crippen LogP contribution < -0.4 is 5.46 Å². The molecule has 0 spiro atoms. The minimum atomic E-state index is -0.642. The van der Waals surface area contributed by atoms with Crippen LogP contribution in [0, 0.1) is 5.82 Å². The lowest BCUT2D eigenvalue weighted by molar-refractivity contribution is 0.112. The fraction of sp³-hybridized carbons (Fsp3) is 0.250. The summed E-state index contributed by atoms with van der Waals surface area (Å²) in [7, 11) is -0.642. The van der Waals surface area contributed by atoms with Crippen LogP contribution >= 0.6 is 0 Å². The molecule has 2 rings (SSSR count). The highest BCUT2D eigenvalue weighted by molar-refractivity contribution is 6.62. The Bertz CT molecular complexity index is 485. The lowest BCUT2D eigenvalue weighted by Crippen LogP contribution is -2.34. The van der Waals surface area contributed by atoms with Gasteiger partial charge >= 0.3 is 7.12 Å².